The molecule has 0 unspecified atom stereocenters. The highest BCUT2D eigenvalue weighted by Gasteiger charge is 2.23. The van der Waals surface area contributed by atoms with E-state index in [1.165, 1.54) is 0 Å². The Hall–Kier alpha value is -2.10. The number of nitrogens with zero attached hydrogens (tertiary/aromatic N) is 2. The maximum atomic E-state index is 12.8. The van der Waals surface area contributed by atoms with Gasteiger partial charge in [0.15, 0.2) is 0 Å². The minimum absolute atomic E-state index is 0.0416. The van der Waals surface area contributed by atoms with Crippen molar-refractivity contribution < 1.29 is 0 Å². The lowest BCUT2D eigenvalue weighted by molar-refractivity contribution is 0.558. The van der Waals surface area contributed by atoms with Crippen LogP contribution in [-0.2, 0) is 11.8 Å². The second kappa shape index (κ2) is 4.20. The highest BCUT2D eigenvalue weighted by Crippen LogP contribution is 2.24. The monoisotopic (exact) mass is 269 g/mol. The van der Waals surface area contributed by atoms with Crippen molar-refractivity contribution in [2.45, 2.75) is 39.5 Å². The van der Waals surface area contributed by atoms with Crippen LogP contribution in [0.5, 0.6) is 0 Å². The molecule has 0 aliphatic heterocycles. The van der Waals surface area contributed by atoms with E-state index in [1.54, 1.807) is 4.40 Å². The first kappa shape index (κ1) is 12.9. The summed E-state index contributed by atoms with van der Waals surface area (Å²) in [5.74, 6) is 0.623. The number of aromatic nitrogens is 3. The van der Waals surface area contributed by atoms with Crippen LogP contribution in [0.3, 0.4) is 0 Å². The van der Waals surface area contributed by atoms with Gasteiger partial charge in [0, 0.05) is 11.0 Å². The van der Waals surface area contributed by atoms with Crippen LogP contribution in [-0.4, -0.2) is 14.4 Å². The molecule has 3 aromatic rings. The summed E-state index contributed by atoms with van der Waals surface area (Å²) in [6.07, 6.45) is 0.695. The van der Waals surface area contributed by atoms with E-state index < -0.39 is 0 Å². The second-order valence-electron chi connectivity index (χ2n) is 6.15. The Bertz CT molecular complexity index is 850. The van der Waals surface area contributed by atoms with Gasteiger partial charge in [0.05, 0.1) is 16.7 Å². The van der Waals surface area contributed by atoms with E-state index in [0.29, 0.717) is 12.2 Å². The van der Waals surface area contributed by atoms with Crippen LogP contribution < -0.4 is 5.56 Å². The lowest BCUT2D eigenvalue weighted by Gasteiger charge is -2.20. The summed E-state index contributed by atoms with van der Waals surface area (Å²) >= 11 is 0. The summed E-state index contributed by atoms with van der Waals surface area (Å²) in [6, 6.07) is 7.80. The number of nitrogens with one attached hydrogen (secondary N) is 1. The number of fused-ring (bicyclic) bond motifs is 3. The van der Waals surface area contributed by atoms with Crippen molar-refractivity contribution >= 4 is 16.8 Å². The molecule has 2 aromatic heterocycles. The molecule has 4 nitrogen and oxygen atoms in total. The fraction of sp³-hybridized carbons (Fsp3) is 0.375. The minimum atomic E-state index is -0.142. The Labute approximate surface area is 117 Å². The van der Waals surface area contributed by atoms with Gasteiger partial charge in [-0.05, 0) is 18.6 Å². The van der Waals surface area contributed by atoms with Crippen LogP contribution in [0.1, 0.15) is 39.0 Å². The van der Waals surface area contributed by atoms with Gasteiger partial charge in [0.25, 0.3) is 5.56 Å². The third-order valence-corrected chi connectivity index (χ3v) is 3.63. The third kappa shape index (κ3) is 1.75. The van der Waals surface area contributed by atoms with Crippen LogP contribution in [0.15, 0.2) is 29.1 Å². The van der Waals surface area contributed by atoms with Crippen LogP contribution in [0.25, 0.3) is 16.8 Å². The zero-order valence-electron chi connectivity index (χ0n) is 12.3. The van der Waals surface area contributed by atoms with Gasteiger partial charge in [-0.3, -0.25) is 4.79 Å². The Morgan fingerprint density at radius 3 is 2.60 bits per heavy atom. The standard InChI is InChI=1S/C16H19N3O/c1-5-10-13(16(2,3)4)18-15-17-11-8-6-7-9-12(11)19(15)14(10)20/h6-9H,5H2,1-4H3,(H,17,18). The molecule has 0 spiro atoms. The number of aromatic amines is 1. The summed E-state index contributed by atoms with van der Waals surface area (Å²) in [5, 5.41) is 0. The normalized spacial score (nSPS) is 12.4. The fourth-order valence-electron chi connectivity index (χ4n) is 2.70. The number of hydrogen-bond acceptors (Lipinski definition) is 2. The Balaban J connectivity index is 2.53. The van der Waals surface area contributed by atoms with E-state index in [2.05, 4.69) is 25.8 Å². The maximum absolute atomic E-state index is 12.8. The van der Waals surface area contributed by atoms with Crippen molar-refractivity contribution in [3.05, 3.63) is 45.9 Å². The molecule has 0 bridgehead atoms. The molecule has 4 heteroatoms. The molecule has 2 heterocycles. The van der Waals surface area contributed by atoms with Gasteiger partial charge in [0.1, 0.15) is 0 Å². The van der Waals surface area contributed by atoms with Crippen LogP contribution in [0, 0.1) is 0 Å². The van der Waals surface area contributed by atoms with Gasteiger partial charge in [-0.1, -0.05) is 39.8 Å². The SMILES string of the molecule is CCc1c(C(C)(C)C)nc2[nH]c3ccccc3n2c1=O. The summed E-state index contributed by atoms with van der Waals surface area (Å²) < 4.78 is 1.68. The Kier molecular flexibility index (Phi) is 2.71. The summed E-state index contributed by atoms with van der Waals surface area (Å²) in [7, 11) is 0. The molecule has 0 radical (unpaired) electrons. The molecule has 0 fully saturated rings. The third-order valence-electron chi connectivity index (χ3n) is 3.63. The Morgan fingerprint density at radius 2 is 1.95 bits per heavy atom. The summed E-state index contributed by atoms with van der Waals surface area (Å²) in [6.45, 7) is 8.28. The topological polar surface area (TPSA) is 50.2 Å². The first-order valence-electron chi connectivity index (χ1n) is 6.96. The molecule has 0 aliphatic rings. The minimum Gasteiger partial charge on any atom is -0.323 e. The lowest BCUT2D eigenvalue weighted by Crippen LogP contribution is -2.27. The highest BCUT2D eigenvalue weighted by atomic mass is 16.1. The maximum Gasteiger partial charge on any atom is 0.263 e. The average molecular weight is 269 g/mol. The number of para-hydroxylation sites is 2. The molecule has 20 heavy (non-hydrogen) atoms. The first-order chi connectivity index (χ1) is 9.43. The van der Waals surface area contributed by atoms with Gasteiger partial charge >= 0.3 is 0 Å². The van der Waals surface area contributed by atoms with Crippen molar-refractivity contribution in [1.29, 1.82) is 0 Å². The van der Waals surface area contributed by atoms with Gasteiger partial charge < -0.3 is 4.98 Å². The second-order valence-corrected chi connectivity index (χ2v) is 6.15. The smallest absolute Gasteiger partial charge is 0.263 e. The first-order valence-corrected chi connectivity index (χ1v) is 6.96. The van der Waals surface area contributed by atoms with Crippen molar-refractivity contribution in [3.8, 4) is 0 Å². The number of hydrogen-bond donors (Lipinski definition) is 1. The van der Waals surface area contributed by atoms with Gasteiger partial charge in [-0.15, -0.1) is 0 Å². The summed E-state index contributed by atoms with van der Waals surface area (Å²) in [5.41, 5.74) is 3.41. The molecule has 0 saturated heterocycles. The molecule has 1 aromatic carbocycles. The summed E-state index contributed by atoms with van der Waals surface area (Å²) in [4.78, 5) is 20.8. The van der Waals surface area contributed by atoms with Gasteiger partial charge in [-0.2, -0.15) is 0 Å². The highest BCUT2D eigenvalue weighted by molar-refractivity contribution is 5.79. The molecule has 0 amide bonds. The lowest BCUT2D eigenvalue weighted by atomic mass is 9.88. The Morgan fingerprint density at radius 1 is 1.25 bits per heavy atom. The van der Waals surface area contributed by atoms with Crippen LogP contribution in [0.4, 0.5) is 0 Å². The van der Waals surface area contributed by atoms with Gasteiger partial charge in [0.2, 0.25) is 5.78 Å². The van der Waals surface area contributed by atoms with Crippen LogP contribution in [0.2, 0.25) is 0 Å². The number of benzene rings is 1. The van der Waals surface area contributed by atoms with E-state index in [1.807, 2.05) is 31.2 Å². The zero-order chi connectivity index (χ0) is 14.5. The van der Waals surface area contributed by atoms with Crippen molar-refractivity contribution in [1.82, 2.24) is 14.4 Å². The number of rotatable bonds is 1. The van der Waals surface area contributed by atoms with Crippen molar-refractivity contribution in [2.75, 3.05) is 0 Å². The predicted octanol–water partition coefficient (Wildman–Crippen LogP) is 3.04. The molecular weight excluding hydrogens is 250 g/mol. The van der Waals surface area contributed by atoms with Crippen LogP contribution >= 0.6 is 0 Å². The average Bonchev–Trinajstić information content (AvgIpc) is 2.76. The molecule has 0 atom stereocenters. The molecule has 0 saturated carbocycles. The van der Waals surface area contributed by atoms with Crippen molar-refractivity contribution in [2.24, 2.45) is 0 Å². The van der Waals surface area contributed by atoms with Gasteiger partial charge in [-0.25, -0.2) is 9.38 Å². The molecule has 104 valence electrons. The van der Waals surface area contributed by atoms with Crippen molar-refractivity contribution in [3.63, 3.8) is 0 Å². The molecule has 0 aliphatic carbocycles. The zero-order valence-corrected chi connectivity index (χ0v) is 12.3. The van der Waals surface area contributed by atoms with E-state index in [0.717, 1.165) is 22.3 Å². The quantitative estimate of drug-likeness (QED) is 0.738. The predicted molar refractivity (Wildman–Crippen MR) is 81.4 cm³/mol. The molecule has 3 rings (SSSR count). The van der Waals surface area contributed by atoms with E-state index in [-0.39, 0.29) is 11.0 Å². The van der Waals surface area contributed by atoms with E-state index in [9.17, 15) is 4.79 Å². The van der Waals surface area contributed by atoms with E-state index in [4.69, 9.17) is 4.98 Å². The molecular formula is C16H19N3O. The number of H-pyrrole nitrogens is 1. The van der Waals surface area contributed by atoms with E-state index >= 15 is 0 Å². The molecule has 1 N–H and O–H groups in total. The largest absolute Gasteiger partial charge is 0.323 e. The number of imidazole rings is 1. The fourth-order valence-corrected chi connectivity index (χ4v) is 2.70.